The van der Waals surface area contributed by atoms with E-state index in [0.29, 0.717) is 5.56 Å². The fourth-order valence-electron chi connectivity index (χ4n) is 1.35. The van der Waals surface area contributed by atoms with Crippen molar-refractivity contribution >= 4 is 5.97 Å². The van der Waals surface area contributed by atoms with E-state index in [4.69, 9.17) is 0 Å². The lowest BCUT2D eigenvalue weighted by Crippen LogP contribution is -2.02. The number of hydrogen-bond donors (Lipinski definition) is 0. The van der Waals surface area contributed by atoms with Crippen LogP contribution in [0.4, 0.5) is 4.39 Å². The van der Waals surface area contributed by atoms with Crippen molar-refractivity contribution in [3.05, 3.63) is 29.6 Å². The lowest BCUT2D eigenvalue weighted by Gasteiger charge is -2.01. The Balaban J connectivity index is 2.48. The molecule has 1 aromatic carbocycles. The highest BCUT2D eigenvalue weighted by molar-refractivity contribution is 5.90. The monoisotopic (exact) mass is 236 g/mol. The number of carbonyl (C=O) groups is 1. The third-order valence-corrected chi connectivity index (χ3v) is 2.09. The minimum absolute atomic E-state index is 0.106. The van der Waals surface area contributed by atoms with Gasteiger partial charge in [-0.05, 0) is 23.4 Å². The van der Waals surface area contributed by atoms with E-state index in [1.54, 1.807) is 7.05 Å². The molecule has 0 aliphatic heterocycles. The summed E-state index contributed by atoms with van der Waals surface area (Å²) in [4.78, 5) is 12.6. The molecular formula is C10H9FN4O2. The number of benzene rings is 1. The van der Waals surface area contributed by atoms with E-state index in [1.165, 1.54) is 24.0 Å². The number of aryl methyl sites for hydroxylation is 1. The number of esters is 1. The Morgan fingerprint density at radius 1 is 1.41 bits per heavy atom. The predicted molar refractivity (Wildman–Crippen MR) is 55.5 cm³/mol. The smallest absolute Gasteiger partial charge is 0.337 e. The van der Waals surface area contributed by atoms with Crippen LogP contribution in [0.15, 0.2) is 18.2 Å². The van der Waals surface area contributed by atoms with Crippen LogP contribution in [-0.2, 0) is 11.8 Å². The van der Waals surface area contributed by atoms with Crippen molar-refractivity contribution in [3.63, 3.8) is 0 Å². The molecule has 1 heterocycles. The van der Waals surface area contributed by atoms with Crippen LogP contribution < -0.4 is 0 Å². The number of rotatable bonds is 2. The average molecular weight is 236 g/mol. The van der Waals surface area contributed by atoms with Gasteiger partial charge in [-0.25, -0.2) is 9.18 Å². The second-order valence-corrected chi connectivity index (χ2v) is 3.32. The zero-order valence-corrected chi connectivity index (χ0v) is 9.22. The maximum Gasteiger partial charge on any atom is 0.337 e. The second-order valence-electron chi connectivity index (χ2n) is 3.32. The number of methoxy groups -OCH3 is 1. The van der Waals surface area contributed by atoms with E-state index in [2.05, 4.69) is 20.1 Å². The van der Waals surface area contributed by atoms with Crippen molar-refractivity contribution in [2.24, 2.45) is 7.05 Å². The van der Waals surface area contributed by atoms with Crippen LogP contribution in [0.25, 0.3) is 11.4 Å². The summed E-state index contributed by atoms with van der Waals surface area (Å²) in [6.07, 6.45) is 0. The summed E-state index contributed by atoms with van der Waals surface area (Å²) in [6.45, 7) is 0. The molecule has 0 radical (unpaired) electrons. The number of ether oxygens (including phenoxy) is 1. The Labute approximate surface area is 96.0 Å². The summed E-state index contributed by atoms with van der Waals surface area (Å²) in [5.41, 5.74) is 0.480. The first-order valence-corrected chi connectivity index (χ1v) is 4.73. The van der Waals surface area contributed by atoms with E-state index in [9.17, 15) is 9.18 Å². The number of halogens is 1. The number of nitrogens with zero attached hydrogens (tertiary/aromatic N) is 4. The molecule has 0 saturated heterocycles. The van der Waals surface area contributed by atoms with E-state index in [0.717, 1.165) is 6.07 Å². The van der Waals surface area contributed by atoms with Gasteiger partial charge in [0, 0.05) is 5.56 Å². The van der Waals surface area contributed by atoms with Crippen LogP contribution in [0.5, 0.6) is 0 Å². The molecule has 0 bridgehead atoms. The molecular weight excluding hydrogens is 227 g/mol. The van der Waals surface area contributed by atoms with Gasteiger partial charge in [0.05, 0.1) is 19.7 Å². The third kappa shape index (κ3) is 2.27. The van der Waals surface area contributed by atoms with Crippen LogP contribution in [0.3, 0.4) is 0 Å². The highest BCUT2D eigenvalue weighted by Gasteiger charge is 2.12. The Hall–Kier alpha value is -2.31. The van der Waals surface area contributed by atoms with Gasteiger partial charge in [-0.2, -0.15) is 4.80 Å². The molecule has 0 unspecified atom stereocenters. The first-order chi connectivity index (χ1) is 8.10. The molecule has 1 aromatic heterocycles. The van der Waals surface area contributed by atoms with Crippen molar-refractivity contribution in [1.29, 1.82) is 0 Å². The van der Waals surface area contributed by atoms with E-state index in [-0.39, 0.29) is 11.4 Å². The first kappa shape index (κ1) is 11.2. The fraction of sp³-hybridized carbons (Fsp3) is 0.200. The van der Waals surface area contributed by atoms with Crippen molar-refractivity contribution in [3.8, 4) is 11.4 Å². The Bertz CT molecular complexity index is 567. The molecule has 0 fully saturated rings. The zero-order valence-electron chi connectivity index (χ0n) is 9.22. The normalized spacial score (nSPS) is 10.3. The molecule has 0 N–H and O–H groups in total. The van der Waals surface area contributed by atoms with Crippen LogP contribution in [0.2, 0.25) is 0 Å². The van der Waals surface area contributed by atoms with Crippen LogP contribution in [0.1, 0.15) is 10.4 Å². The van der Waals surface area contributed by atoms with Crippen LogP contribution in [0, 0.1) is 5.82 Å². The molecule has 6 nitrogen and oxygen atoms in total. The molecule has 0 saturated carbocycles. The maximum atomic E-state index is 13.3. The van der Waals surface area contributed by atoms with Gasteiger partial charge in [-0.1, -0.05) is 0 Å². The van der Waals surface area contributed by atoms with Gasteiger partial charge in [0.25, 0.3) is 0 Å². The minimum atomic E-state index is -0.616. The molecule has 17 heavy (non-hydrogen) atoms. The van der Waals surface area contributed by atoms with E-state index in [1.807, 2.05) is 0 Å². The molecule has 7 heteroatoms. The summed E-state index contributed by atoms with van der Waals surface area (Å²) in [6, 6.07) is 3.76. The Morgan fingerprint density at radius 3 is 2.76 bits per heavy atom. The highest BCUT2D eigenvalue weighted by atomic mass is 19.1. The third-order valence-electron chi connectivity index (χ3n) is 2.09. The molecule has 88 valence electrons. The molecule has 0 aliphatic rings. The van der Waals surface area contributed by atoms with Crippen LogP contribution in [-0.4, -0.2) is 33.3 Å². The number of aromatic nitrogens is 4. The highest BCUT2D eigenvalue weighted by Crippen LogP contribution is 2.18. The second kappa shape index (κ2) is 4.28. The number of carbonyl (C=O) groups excluding carboxylic acids is 1. The summed E-state index contributed by atoms with van der Waals surface area (Å²) in [5, 5.41) is 11.3. The summed E-state index contributed by atoms with van der Waals surface area (Å²) in [5.74, 6) is -0.929. The van der Waals surface area contributed by atoms with Gasteiger partial charge in [0.1, 0.15) is 5.82 Å². The predicted octanol–water partition coefficient (Wildman–Crippen LogP) is 0.803. The summed E-state index contributed by atoms with van der Waals surface area (Å²) in [7, 11) is 2.82. The standard InChI is InChI=1S/C10H9FN4O2/c1-15-13-9(12-14-15)6-3-7(10(16)17-2)5-8(11)4-6/h3-5H,1-2H3. The zero-order chi connectivity index (χ0) is 12.4. The van der Waals surface area contributed by atoms with Gasteiger partial charge in [0.15, 0.2) is 0 Å². The molecule has 2 aromatic rings. The summed E-state index contributed by atoms with van der Waals surface area (Å²) >= 11 is 0. The molecule has 0 amide bonds. The maximum absolute atomic E-state index is 13.3. The minimum Gasteiger partial charge on any atom is -0.465 e. The molecule has 0 aliphatic carbocycles. The van der Waals surface area contributed by atoms with E-state index >= 15 is 0 Å². The van der Waals surface area contributed by atoms with Gasteiger partial charge in [-0.3, -0.25) is 0 Å². The average Bonchev–Trinajstić information content (AvgIpc) is 2.74. The van der Waals surface area contributed by atoms with Crippen molar-refractivity contribution < 1.29 is 13.9 Å². The summed E-state index contributed by atoms with van der Waals surface area (Å²) < 4.78 is 17.8. The SMILES string of the molecule is COC(=O)c1cc(F)cc(-c2nnn(C)n2)c1. The van der Waals surface area contributed by atoms with Gasteiger partial charge in [0.2, 0.25) is 5.82 Å². The van der Waals surface area contributed by atoms with Gasteiger partial charge < -0.3 is 4.74 Å². The lowest BCUT2D eigenvalue weighted by molar-refractivity contribution is 0.0600. The topological polar surface area (TPSA) is 69.9 Å². The van der Waals surface area contributed by atoms with Gasteiger partial charge >= 0.3 is 5.97 Å². The van der Waals surface area contributed by atoms with E-state index < -0.39 is 11.8 Å². The Kier molecular flexibility index (Phi) is 2.82. The largest absolute Gasteiger partial charge is 0.465 e. The first-order valence-electron chi connectivity index (χ1n) is 4.73. The van der Waals surface area contributed by atoms with Gasteiger partial charge in [-0.15, -0.1) is 10.2 Å². The molecule has 0 atom stereocenters. The van der Waals surface area contributed by atoms with Crippen molar-refractivity contribution in [1.82, 2.24) is 20.2 Å². The number of tetrazole rings is 1. The van der Waals surface area contributed by atoms with Crippen LogP contribution >= 0.6 is 0 Å². The molecule has 2 rings (SSSR count). The Morgan fingerprint density at radius 2 is 2.18 bits per heavy atom. The molecule has 0 spiro atoms. The quantitative estimate of drug-likeness (QED) is 0.721. The lowest BCUT2D eigenvalue weighted by atomic mass is 10.1. The van der Waals surface area contributed by atoms with Crippen molar-refractivity contribution in [2.45, 2.75) is 0 Å². The fourth-order valence-corrected chi connectivity index (χ4v) is 1.35. The number of hydrogen-bond acceptors (Lipinski definition) is 5. The van der Waals surface area contributed by atoms with Crippen molar-refractivity contribution in [2.75, 3.05) is 7.11 Å².